The Hall–Kier alpha value is -3.41. The maximum absolute atomic E-state index is 12.5. The molecule has 3 amide bonds. The summed E-state index contributed by atoms with van der Waals surface area (Å²) >= 11 is 0. The van der Waals surface area contributed by atoms with Gasteiger partial charge in [-0.05, 0) is 30.7 Å². The number of fused-ring (bicyclic) bond motifs is 2. The molecule has 6 nitrogen and oxygen atoms in total. The third kappa shape index (κ3) is 3.41. The van der Waals surface area contributed by atoms with Crippen LogP contribution in [0.4, 0.5) is 0 Å². The normalized spacial score (nSPS) is 14.8. The van der Waals surface area contributed by atoms with Crippen LogP contribution in [-0.2, 0) is 16.0 Å². The maximum atomic E-state index is 12.5. The van der Waals surface area contributed by atoms with E-state index in [2.05, 4.69) is 5.32 Å². The van der Waals surface area contributed by atoms with Crippen LogP contribution >= 0.6 is 0 Å². The van der Waals surface area contributed by atoms with Gasteiger partial charge in [0.05, 0.1) is 12.5 Å². The number of carbonyl (C=O) groups excluding carboxylic acids is 3. The van der Waals surface area contributed by atoms with Gasteiger partial charge in [0.2, 0.25) is 11.8 Å². The van der Waals surface area contributed by atoms with Gasteiger partial charge in [-0.15, -0.1) is 0 Å². The van der Waals surface area contributed by atoms with Crippen LogP contribution in [0.2, 0.25) is 0 Å². The minimum Gasteiger partial charge on any atom is -0.459 e. The standard InChI is InChI=1S/C22H20N2O4/c1-14(19-12-16-7-3-5-9-18(16)28-19)23-20(25)10-11-24-21(26)13-15-6-2-4-8-17(15)22(24)27/h2-9,12,14H,10-11,13H2,1H3,(H,23,25)/t14-/m1/s1. The zero-order valence-electron chi connectivity index (χ0n) is 15.5. The smallest absolute Gasteiger partial charge is 0.260 e. The van der Waals surface area contributed by atoms with Crippen molar-refractivity contribution in [3.05, 3.63) is 71.5 Å². The average Bonchev–Trinajstić information content (AvgIpc) is 3.12. The Morgan fingerprint density at radius 1 is 1.14 bits per heavy atom. The van der Waals surface area contributed by atoms with Gasteiger partial charge >= 0.3 is 0 Å². The van der Waals surface area contributed by atoms with Crippen molar-refractivity contribution in [2.24, 2.45) is 0 Å². The summed E-state index contributed by atoms with van der Waals surface area (Å²) in [5, 5.41) is 3.84. The van der Waals surface area contributed by atoms with E-state index in [0.29, 0.717) is 11.3 Å². The number of imide groups is 1. The fraction of sp³-hybridized carbons (Fsp3) is 0.227. The Kier molecular flexibility index (Phi) is 4.69. The van der Waals surface area contributed by atoms with E-state index in [1.165, 1.54) is 0 Å². The monoisotopic (exact) mass is 376 g/mol. The van der Waals surface area contributed by atoms with Gasteiger partial charge in [0.25, 0.3) is 5.91 Å². The van der Waals surface area contributed by atoms with E-state index < -0.39 is 0 Å². The highest BCUT2D eigenvalue weighted by molar-refractivity contribution is 6.09. The quantitative estimate of drug-likeness (QED) is 0.694. The van der Waals surface area contributed by atoms with Gasteiger partial charge < -0.3 is 9.73 Å². The number of hydrogen-bond donors (Lipinski definition) is 1. The molecular weight excluding hydrogens is 356 g/mol. The molecule has 142 valence electrons. The van der Waals surface area contributed by atoms with Crippen molar-refractivity contribution in [1.29, 1.82) is 0 Å². The molecule has 1 aliphatic heterocycles. The third-order valence-corrected chi connectivity index (χ3v) is 4.95. The molecule has 6 heteroatoms. The lowest BCUT2D eigenvalue weighted by Crippen LogP contribution is -2.44. The van der Waals surface area contributed by atoms with E-state index in [4.69, 9.17) is 4.42 Å². The zero-order chi connectivity index (χ0) is 19.7. The Morgan fingerprint density at radius 2 is 1.89 bits per heavy atom. The Balaban J connectivity index is 1.37. The lowest BCUT2D eigenvalue weighted by atomic mass is 9.98. The van der Waals surface area contributed by atoms with Crippen molar-refractivity contribution in [2.75, 3.05) is 6.54 Å². The lowest BCUT2D eigenvalue weighted by molar-refractivity contribution is -0.129. The first-order valence-electron chi connectivity index (χ1n) is 9.23. The molecule has 0 bridgehead atoms. The summed E-state index contributed by atoms with van der Waals surface area (Å²) in [5.41, 5.74) is 2.02. The molecule has 2 aromatic carbocycles. The highest BCUT2D eigenvalue weighted by Gasteiger charge is 2.30. The van der Waals surface area contributed by atoms with Gasteiger partial charge in [0.15, 0.2) is 0 Å². The van der Waals surface area contributed by atoms with E-state index in [-0.39, 0.29) is 43.1 Å². The summed E-state index contributed by atoms with van der Waals surface area (Å²) in [6, 6.07) is 16.3. The van der Waals surface area contributed by atoms with Gasteiger partial charge in [0, 0.05) is 23.9 Å². The van der Waals surface area contributed by atoms with Gasteiger partial charge in [0.1, 0.15) is 11.3 Å². The minimum atomic E-state index is -0.343. The molecule has 0 spiro atoms. The second-order valence-electron chi connectivity index (χ2n) is 6.91. The lowest BCUT2D eigenvalue weighted by Gasteiger charge is -2.26. The van der Waals surface area contributed by atoms with Crippen LogP contribution in [0.15, 0.2) is 59.0 Å². The number of para-hydroxylation sites is 1. The van der Waals surface area contributed by atoms with Crippen molar-refractivity contribution >= 4 is 28.7 Å². The van der Waals surface area contributed by atoms with Crippen LogP contribution in [0.5, 0.6) is 0 Å². The van der Waals surface area contributed by atoms with Crippen LogP contribution in [0.25, 0.3) is 11.0 Å². The van der Waals surface area contributed by atoms with Gasteiger partial charge in [-0.2, -0.15) is 0 Å². The van der Waals surface area contributed by atoms with Crippen molar-refractivity contribution in [1.82, 2.24) is 10.2 Å². The molecule has 0 fully saturated rings. The molecule has 1 aromatic heterocycles. The molecule has 0 aliphatic carbocycles. The molecule has 4 rings (SSSR count). The second kappa shape index (κ2) is 7.31. The number of nitrogens with zero attached hydrogens (tertiary/aromatic N) is 1. The van der Waals surface area contributed by atoms with Gasteiger partial charge in [-0.1, -0.05) is 36.4 Å². The van der Waals surface area contributed by atoms with Crippen molar-refractivity contribution in [2.45, 2.75) is 25.8 Å². The fourth-order valence-electron chi connectivity index (χ4n) is 3.44. The number of carbonyl (C=O) groups is 3. The van der Waals surface area contributed by atoms with Crippen LogP contribution in [0.3, 0.4) is 0 Å². The summed E-state index contributed by atoms with van der Waals surface area (Å²) in [6.45, 7) is 1.90. The van der Waals surface area contributed by atoms with Crippen LogP contribution in [0, 0.1) is 0 Å². The zero-order valence-corrected chi connectivity index (χ0v) is 15.5. The second-order valence-corrected chi connectivity index (χ2v) is 6.91. The number of amides is 3. The van der Waals surface area contributed by atoms with Gasteiger partial charge in [-0.25, -0.2) is 0 Å². The molecule has 1 N–H and O–H groups in total. The Labute approximate surface area is 162 Å². The number of nitrogens with one attached hydrogen (secondary N) is 1. The Bertz CT molecular complexity index is 1040. The SMILES string of the molecule is C[C@@H](NC(=O)CCN1C(=O)Cc2ccccc2C1=O)c1cc2ccccc2o1. The summed E-state index contributed by atoms with van der Waals surface area (Å²) in [7, 11) is 0. The first-order valence-corrected chi connectivity index (χ1v) is 9.23. The van der Waals surface area contributed by atoms with E-state index in [0.717, 1.165) is 21.4 Å². The van der Waals surface area contributed by atoms with Crippen LogP contribution in [-0.4, -0.2) is 29.2 Å². The molecule has 3 aromatic rings. The molecule has 1 atom stereocenters. The largest absolute Gasteiger partial charge is 0.459 e. The first kappa shape index (κ1) is 18.0. The molecule has 1 aliphatic rings. The van der Waals surface area contributed by atoms with Gasteiger partial charge in [-0.3, -0.25) is 19.3 Å². The summed E-state index contributed by atoms with van der Waals surface area (Å²) < 4.78 is 5.76. The van der Waals surface area contributed by atoms with Crippen LogP contribution in [0.1, 0.15) is 41.1 Å². The molecule has 2 heterocycles. The first-order chi connectivity index (χ1) is 13.5. The molecule has 0 radical (unpaired) electrons. The predicted octanol–water partition coefficient (Wildman–Crippen LogP) is 3.23. The number of hydrogen-bond acceptors (Lipinski definition) is 4. The van der Waals surface area contributed by atoms with Crippen LogP contribution < -0.4 is 5.32 Å². The third-order valence-electron chi connectivity index (χ3n) is 4.95. The van der Waals surface area contributed by atoms with E-state index in [1.54, 1.807) is 18.2 Å². The average molecular weight is 376 g/mol. The molecule has 28 heavy (non-hydrogen) atoms. The fourth-order valence-corrected chi connectivity index (χ4v) is 3.44. The van der Waals surface area contributed by atoms with Crippen molar-refractivity contribution in [3.8, 4) is 0 Å². The predicted molar refractivity (Wildman–Crippen MR) is 104 cm³/mol. The van der Waals surface area contributed by atoms with Crippen molar-refractivity contribution < 1.29 is 18.8 Å². The topological polar surface area (TPSA) is 79.6 Å². The molecular formula is C22H20N2O4. The maximum Gasteiger partial charge on any atom is 0.260 e. The molecule has 0 saturated carbocycles. The number of rotatable bonds is 5. The van der Waals surface area contributed by atoms with Crippen molar-refractivity contribution in [3.63, 3.8) is 0 Å². The van der Waals surface area contributed by atoms with E-state index in [1.807, 2.05) is 43.3 Å². The summed E-state index contributed by atoms with van der Waals surface area (Å²) in [6.07, 6.45) is 0.225. The summed E-state index contributed by atoms with van der Waals surface area (Å²) in [5.74, 6) is -0.201. The summed E-state index contributed by atoms with van der Waals surface area (Å²) in [4.78, 5) is 38.3. The molecule has 0 saturated heterocycles. The Morgan fingerprint density at radius 3 is 2.71 bits per heavy atom. The highest BCUT2D eigenvalue weighted by Crippen LogP contribution is 2.24. The number of benzene rings is 2. The highest BCUT2D eigenvalue weighted by atomic mass is 16.3. The van der Waals surface area contributed by atoms with E-state index >= 15 is 0 Å². The molecule has 0 unspecified atom stereocenters. The van der Waals surface area contributed by atoms with E-state index in [9.17, 15) is 14.4 Å². The number of furan rings is 1. The minimum absolute atomic E-state index is 0.0458.